The highest BCUT2D eigenvalue weighted by Crippen LogP contribution is 2.24. The quantitative estimate of drug-likeness (QED) is 0.496. The molecule has 0 saturated carbocycles. The molecule has 1 aliphatic rings. The number of rotatable bonds is 5. The molecule has 5 rings (SSSR count). The van der Waals surface area contributed by atoms with Crippen LogP contribution in [0.5, 0.6) is 5.75 Å². The van der Waals surface area contributed by atoms with Gasteiger partial charge < -0.3 is 18.5 Å². The summed E-state index contributed by atoms with van der Waals surface area (Å²) in [6, 6.07) is 12.8. The van der Waals surface area contributed by atoms with Gasteiger partial charge in [-0.3, -0.25) is 9.69 Å². The number of nitrogens with zero attached hydrogens (tertiary/aromatic N) is 4. The lowest BCUT2D eigenvalue weighted by Gasteiger charge is -2.20. The maximum absolute atomic E-state index is 12.8. The molecule has 0 N–H and O–H groups in total. The summed E-state index contributed by atoms with van der Waals surface area (Å²) in [5, 5.41) is 0.515. The molecule has 1 aliphatic heterocycles. The monoisotopic (exact) mass is 418 g/mol. The topological polar surface area (TPSA) is 63.2 Å². The van der Waals surface area contributed by atoms with Gasteiger partial charge in [-0.2, -0.15) is 0 Å². The predicted octanol–water partition coefficient (Wildman–Crippen LogP) is 3.12. The van der Waals surface area contributed by atoms with Crippen molar-refractivity contribution in [2.45, 2.75) is 6.42 Å². The van der Waals surface area contributed by atoms with Crippen molar-refractivity contribution in [3.8, 4) is 17.2 Å². The summed E-state index contributed by atoms with van der Waals surface area (Å²) < 4.78 is 13.8. The first-order valence-corrected chi connectivity index (χ1v) is 10.7. The predicted molar refractivity (Wildman–Crippen MR) is 121 cm³/mol. The number of fused-ring (bicyclic) bond motifs is 2. The Morgan fingerprint density at radius 3 is 2.97 bits per heavy atom. The smallest absolute Gasteiger partial charge is 0.193 e. The Morgan fingerprint density at radius 1 is 1.10 bits per heavy atom. The van der Waals surface area contributed by atoms with Gasteiger partial charge in [0.15, 0.2) is 11.2 Å². The fourth-order valence-corrected chi connectivity index (χ4v) is 4.04. The minimum Gasteiger partial charge on any atom is -0.492 e. The Bertz CT molecular complexity index is 1260. The highest BCUT2D eigenvalue weighted by atomic mass is 16.5. The first kappa shape index (κ1) is 19.8. The lowest BCUT2D eigenvalue weighted by molar-refractivity contribution is 0.213. The fraction of sp³-hybridized carbons (Fsp3) is 0.333. The fourth-order valence-electron chi connectivity index (χ4n) is 4.04. The van der Waals surface area contributed by atoms with Gasteiger partial charge in [0.2, 0.25) is 0 Å². The van der Waals surface area contributed by atoms with Crippen LogP contribution in [-0.4, -0.2) is 65.6 Å². The molecule has 0 spiro atoms. The number of hydrogen-bond donors (Lipinski definition) is 0. The number of aromatic nitrogens is 2. The normalized spacial score (nSPS) is 16.0. The second kappa shape index (κ2) is 8.53. The van der Waals surface area contributed by atoms with Gasteiger partial charge in [-0.05, 0) is 63.0 Å². The van der Waals surface area contributed by atoms with E-state index >= 15 is 0 Å². The second-order valence-electron chi connectivity index (χ2n) is 8.09. The van der Waals surface area contributed by atoms with E-state index in [1.165, 1.54) is 12.5 Å². The molecule has 0 radical (unpaired) electrons. The number of benzene rings is 1. The van der Waals surface area contributed by atoms with Crippen molar-refractivity contribution in [1.29, 1.82) is 0 Å². The summed E-state index contributed by atoms with van der Waals surface area (Å²) >= 11 is 0. The van der Waals surface area contributed by atoms with Crippen molar-refractivity contribution in [3.05, 3.63) is 65.2 Å². The molecular formula is C24H26N4O3. The van der Waals surface area contributed by atoms with Crippen LogP contribution in [0.3, 0.4) is 0 Å². The van der Waals surface area contributed by atoms with Gasteiger partial charge in [-0.25, -0.2) is 4.98 Å². The van der Waals surface area contributed by atoms with Crippen LogP contribution in [-0.2, 0) is 0 Å². The third-order valence-corrected chi connectivity index (χ3v) is 5.86. The second-order valence-corrected chi connectivity index (χ2v) is 8.09. The van der Waals surface area contributed by atoms with Crippen LogP contribution < -0.4 is 10.2 Å². The summed E-state index contributed by atoms with van der Waals surface area (Å²) in [6.07, 6.45) is 4.83. The number of likely N-dealkylation sites (N-methyl/N-ethyl adjacent to an activating group) is 1. The third kappa shape index (κ3) is 4.33. The molecule has 0 amide bonds. The van der Waals surface area contributed by atoms with Crippen LogP contribution in [0.4, 0.5) is 0 Å². The van der Waals surface area contributed by atoms with E-state index in [9.17, 15) is 4.79 Å². The largest absolute Gasteiger partial charge is 0.492 e. The van der Waals surface area contributed by atoms with Gasteiger partial charge in [-0.15, -0.1) is 0 Å². The van der Waals surface area contributed by atoms with Crippen LogP contribution in [0.15, 0.2) is 64.2 Å². The molecule has 1 aromatic carbocycles. The Balaban J connectivity index is 1.31. The number of hydrogen-bond acceptors (Lipinski definition) is 6. The van der Waals surface area contributed by atoms with Crippen LogP contribution in [0, 0.1) is 0 Å². The van der Waals surface area contributed by atoms with Gasteiger partial charge in [0.1, 0.15) is 23.6 Å². The standard InChI is InChI=1S/C24H26N4O3/c1-26-7-3-8-27(11-10-26)12-13-30-19-5-6-23-20(15-19)22(29)16-24(31-23)21-14-18-4-2-9-28(18)17-25-21/h2,4-6,9,14-17H,3,7-8,10-13H2,1H3. The molecule has 160 valence electrons. The van der Waals surface area contributed by atoms with Crippen molar-refractivity contribution in [3.63, 3.8) is 0 Å². The van der Waals surface area contributed by atoms with Crippen LogP contribution in [0.1, 0.15) is 6.42 Å². The molecule has 3 aromatic heterocycles. The molecule has 0 aliphatic carbocycles. The van der Waals surface area contributed by atoms with Crippen molar-refractivity contribution in [2.24, 2.45) is 0 Å². The zero-order valence-corrected chi connectivity index (χ0v) is 17.7. The molecule has 4 heterocycles. The maximum atomic E-state index is 12.8. The summed E-state index contributed by atoms with van der Waals surface area (Å²) in [4.78, 5) is 22.0. The van der Waals surface area contributed by atoms with E-state index in [1.54, 1.807) is 18.5 Å². The average molecular weight is 418 g/mol. The summed E-state index contributed by atoms with van der Waals surface area (Å²) in [6.45, 7) is 5.88. The van der Waals surface area contributed by atoms with E-state index in [0.717, 1.165) is 38.2 Å². The summed E-state index contributed by atoms with van der Waals surface area (Å²) in [5.74, 6) is 1.15. The van der Waals surface area contributed by atoms with Gasteiger partial charge >= 0.3 is 0 Å². The van der Waals surface area contributed by atoms with Gasteiger partial charge in [0.05, 0.1) is 11.7 Å². The van der Waals surface area contributed by atoms with Crippen molar-refractivity contribution >= 4 is 16.5 Å². The molecule has 0 unspecified atom stereocenters. The molecular weight excluding hydrogens is 392 g/mol. The Kier molecular flexibility index (Phi) is 5.44. The molecule has 4 aromatic rings. The SMILES string of the molecule is CN1CCCN(CCOc2ccc3oc(-c4cc5cccn5cn4)cc(=O)c3c2)CC1. The minimum absolute atomic E-state index is 0.102. The van der Waals surface area contributed by atoms with Crippen LogP contribution in [0.25, 0.3) is 27.9 Å². The van der Waals surface area contributed by atoms with Crippen molar-refractivity contribution < 1.29 is 9.15 Å². The highest BCUT2D eigenvalue weighted by molar-refractivity contribution is 5.80. The van der Waals surface area contributed by atoms with E-state index in [2.05, 4.69) is 21.8 Å². The lowest BCUT2D eigenvalue weighted by atomic mass is 10.2. The Hall–Kier alpha value is -3.16. The minimum atomic E-state index is -0.102. The van der Waals surface area contributed by atoms with Gasteiger partial charge in [0.25, 0.3) is 0 Å². The highest BCUT2D eigenvalue weighted by Gasteiger charge is 2.13. The molecule has 0 bridgehead atoms. The zero-order valence-electron chi connectivity index (χ0n) is 17.7. The third-order valence-electron chi connectivity index (χ3n) is 5.86. The van der Waals surface area contributed by atoms with E-state index in [4.69, 9.17) is 9.15 Å². The summed E-state index contributed by atoms with van der Waals surface area (Å²) in [5.41, 5.74) is 2.05. The molecule has 0 atom stereocenters. The van der Waals surface area contributed by atoms with Gasteiger partial charge in [0, 0.05) is 37.4 Å². The zero-order chi connectivity index (χ0) is 21.2. The number of ether oxygens (including phenoxy) is 1. The van der Waals surface area contributed by atoms with E-state index in [0.29, 0.717) is 34.8 Å². The van der Waals surface area contributed by atoms with E-state index in [-0.39, 0.29) is 5.43 Å². The Morgan fingerprint density at radius 2 is 2.03 bits per heavy atom. The first-order chi connectivity index (χ1) is 15.2. The van der Waals surface area contributed by atoms with Gasteiger partial charge in [-0.1, -0.05) is 0 Å². The molecule has 1 saturated heterocycles. The van der Waals surface area contributed by atoms with Crippen LogP contribution in [0.2, 0.25) is 0 Å². The maximum Gasteiger partial charge on any atom is 0.193 e. The molecule has 31 heavy (non-hydrogen) atoms. The lowest BCUT2D eigenvalue weighted by Crippen LogP contribution is -2.32. The molecule has 7 heteroatoms. The molecule has 1 fully saturated rings. The van der Waals surface area contributed by atoms with Crippen molar-refractivity contribution in [2.75, 3.05) is 46.4 Å². The molecule has 7 nitrogen and oxygen atoms in total. The Labute approximate surface area is 180 Å². The summed E-state index contributed by atoms with van der Waals surface area (Å²) in [7, 11) is 2.17. The van der Waals surface area contributed by atoms with Crippen molar-refractivity contribution in [1.82, 2.24) is 19.2 Å². The average Bonchev–Trinajstić information content (AvgIpc) is 3.15. The first-order valence-electron chi connectivity index (χ1n) is 10.7. The van der Waals surface area contributed by atoms with Crippen LogP contribution >= 0.6 is 0 Å². The van der Waals surface area contributed by atoms with E-state index in [1.807, 2.05) is 34.9 Å². The van der Waals surface area contributed by atoms with E-state index < -0.39 is 0 Å².